The third kappa shape index (κ3) is 3.59. The van der Waals surface area contributed by atoms with E-state index in [1.165, 1.54) is 11.3 Å². The van der Waals surface area contributed by atoms with Crippen molar-refractivity contribution in [3.05, 3.63) is 21.4 Å². The van der Waals surface area contributed by atoms with Crippen molar-refractivity contribution in [1.82, 2.24) is 20.0 Å². The lowest BCUT2D eigenvalue weighted by Gasteiger charge is -2.04. The Bertz CT molecular complexity index is 649. The van der Waals surface area contributed by atoms with Gasteiger partial charge >= 0.3 is 0 Å². The summed E-state index contributed by atoms with van der Waals surface area (Å²) in [5, 5.41) is 16.8. The molecule has 114 valence electrons. The van der Waals surface area contributed by atoms with Crippen molar-refractivity contribution in [2.45, 2.75) is 40.7 Å². The topological polar surface area (TPSA) is 72.7 Å². The summed E-state index contributed by atoms with van der Waals surface area (Å²) in [5.41, 5.74) is 0.999. The van der Waals surface area contributed by atoms with Gasteiger partial charge in [-0.15, -0.1) is 10.2 Å². The van der Waals surface area contributed by atoms with Crippen LogP contribution in [0.2, 0.25) is 5.02 Å². The summed E-state index contributed by atoms with van der Waals surface area (Å²) in [5.74, 6) is 0.190. The molecular formula is C13H18ClN5OS. The number of hydrogen-bond acceptors (Lipinski definition) is 5. The summed E-state index contributed by atoms with van der Waals surface area (Å²) >= 11 is 7.53. The van der Waals surface area contributed by atoms with E-state index in [1.807, 2.05) is 6.92 Å². The lowest BCUT2D eigenvalue weighted by atomic mass is 10.1. The molecular weight excluding hydrogens is 310 g/mol. The van der Waals surface area contributed by atoms with Crippen LogP contribution >= 0.6 is 22.9 Å². The molecule has 6 nitrogen and oxygen atoms in total. The molecule has 1 amide bonds. The highest BCUT2D eigenvalue weighted by molar-refractivity contribution is 7.15. The van der Waals surface area contributed by atoms with Crippen LogP contribution in [-0.2, 0) is 13.0 Å². The Labute approximate surface area is 132 Å². The van der Waals surface area contributed by atoms with Gasteiger partial charge in [0.05, 0.1) is 10.7 Å². The van der Waals surface area contributed by atoms with Gasteiger partial charge < -0.3 is 0 Å². The molecule has 8 heteroatoms. The second-order valence-electron chi connectivity index (χ2n) is 5.12. The van der Waals surface area contributed by atoms with Crippen LogP contribution in [0.5, 0.6) is 0 Å². The predicted octanol–water partition coefficient (Wildman–Crippen LogP) is 3.17. The number of nitrogens with zero attached hydrogens (tertiary/aromatic N) is 4. The van der Waals surface area contributed by atoms with E-state index in [4.69, 9.17) is 11.6 Å². The second kappa shape index (κ2) is 6.53. The molecule has 0 bridgehead atoms. The van der Waals surface area contributed by atoms with Gasteiger partial charge in [0, 0.05) is 13.0 Å². The Morgan fingerprint density at radius 1 is 1.43 bits per heavy atom. The molecule has 0 saturated heterocycles. The van der Waals surface area contributed by atoms with Gasteiger partial charge in [-0.1, -0.05) is 36.8 Å². The number of carbonyl (C=O) groups excluding carboxylic acids is 1. The van der Waals surface area contributed by atoms with Crippen molar-refractivity contribution in [2.75, 3.05) is 5.32 Å². The summed E-state index contributed by atoms with van der Waals surface area (Å²) in [7, 11) is 0. The second-order valence-corrected chi connectivity index (χ2v) is 6.56. The van der Waals surface area contributed by atoms with Gasteiger partial charge in [0.1, 0.15) is 10.7 Å². The quantitative estimate of drug-likeness (QED) is 0.915. The van der Waals surface area contributed by atoms with Gasteiger partial charge in [-0.25, -0.2) is 0 Å². The van der Waals surface area contributed by atoms with Crippen molar-refractivity contribution in [3.63, 3.8) is 0 Å². The zero-order valence-corrected chi connectivity index (χ0v) is 14.0. The molecule has 0 fully saturated rings. The van der Waals surface area contributed by atoms with E-state index >= 15 is 0 Å². The minimum atomic E-state index is -0.310. The highest BCUT2D eigenvalue weighted by atomic mass is 35.5. The standard InChI is InChI=1S/C13H18ClN5OS/c1-5-19-11(10(14)8(4)18-19)12(20)15-13-17-16-9(21-13)6-7(2)3/h7H,5-6H2,1-4H3,(H,15,17,20). The fourth-order valence-corrected chi connectivity index (χ4v) is 3.07. The minimum absolute atomic E-state index is 0.310. The first-order valence-corrected chi connectivity index (χ1v) is 7.98. The van der Waals surface area contributed by atoms with Crippen molar-refractivity contribution in [1.29, 1.82) is 0 Å². The fraction of sp³-hybridized carbons (Fsp3) is 0.538. The number of carbonyl (C=O) groups is 1. The third-order valence-electron chi connectivity index (χ3n) is 2.84. The Balaban J connectivity index is 2.16. The summed E-state index contributed by atoms with van der Waals surface area (Å²) < 4.78 is 1.59. The van der Waals surface area contributed by atoms with Gasteiger partial charge in [-0.3, -0.25) is 14.8 Å². The summed E-state index contributed by atoms with van der Waals surface area (Å²) in [4.78, 5) is 12.3. The molecule has 0 aliphatic heterocycles. The number of hydrogen-bond donors (Lipinski definition) is 1. The van der Waals surface area contributed by atoms with Crippen LogP contribution in [0.4, 0.5) is 5.13 Å². The number of aryl methyl sites for hydroxylation is 2. The molecule has 0 spiro atoms. The largest absolute Gasteiger partial charge is 0.295 e. The van der Waals surface area contributed by atoms with Gasteiger partial charge in [0.2, 0.25) is 5.13 Å². The van der Waals surface area contributed by atoms with Gasteiger partial charge in [0.15, 0.2) is 0 Å². The van der Waals surface area contributed by atoms with Crippen LogP contribution in [0.3, 0.4) is 0 Å². The van der Waals surface area contributed by atoms with Crippen molar-refractivity contribution in [3.8, 4) is 0 Å². The molecule has 0 aliphatic carbocycles. The molecule has 2 aromatic rings. The van der Waals surface area contributed by atoms with Crippen LogP contribution in [0.25, 0.3) is 0 Å². The van der Waals surface area contributed by atoms with Crippen molar-refractivity contribution in [2.24, 2.45) is 5.92 Å². The maximum atomic E-state index is 12.3. The number of halogens is 1. The Kier molecular flexibility index (Phi) is 4.95. The predicted molar refractivity (Wildman–Crippen MR) is 84.1 cm³/mol. The van der Waals surface area contributed by atoms with E-state index in [-0.39, 0.29) is 5.91 Å². The molecule has 1 N–H and O–H groups in total. The maximum absolute atomic E-state index is 12.3. The molecule has 0 saturated carbocycles. The van der Waals surface area contributed by atoms with E-state index in [9.17, 15) is 4.79 Å². The Morgan fingerprint density at radius 2 is 2.14 bits per heavy atom. The normalized spacial score (nSPS) is 11.1. The maximum Gasteiger partial charge on any atom is 0.277 e. The van der Waals surface area contributed by atoms with Crippen molar-refractivity contribution >= 4 is 34.0 Å². The highest BCUT2D eigenvalue weighted by Crippen LogP contribution is 2.23. The van der Waals surface area contributed by atoms with Crippen LogP contribution in [0, 0.1) is 12.8 Å². The average molecular weight is 328 g/mol. The molecule has 0 aliphatic rings. The monoisotopic (exact) mass is 327 g/mol. The van der Waals surface area contributed by atoms with Gasteiger partial charge in [0.25, 0.3) is 5.91 Å². The smallest absolute Gasteiger partial charge is 0.277 e. The third-order valence-corrected chi connectivity index (χ3v) is 4.15. The molecule has 0 radical (unpaired) electrons. The van der Waals surface area contributed by atoms with Crippen LogP contribution in [0.15, 0.2) is 0 Å². The molecule has 21 heavy (non-hydrogen) atoms. The van der Waals surface area contributed by atoms with Gasteiger partial charge in [-0.05, 0) is 19.8 Å². The Hall–Kier alpha value is -1.47. The number of rotatable bonds is 5. The molecule has 0 aromatic carbocycles. The number of anilines is 1. The summed E-state index contributed by atoms with van der Waals surface area (Å²) in [6.07, 6.45) is 0.848. The number of amides is 1. The van der Waals surface area contributed by atoms with Crippen LogP contribution in [0.1, 0.15) is 42.0 Å². The lowest BCUT2D eigenvalue weighted by molar-refractivity contribution is 0.101. The summed E-state index contributed by atoms with van der Waals surface area (Å²) in [6, 6.07) is 0. The molecule has 2 aromatic heterocycles. The molecule has 2 rings (SSSR count). The van der Waals surface area contributed by atoms with E-state index in [0.29, 0.717) is 34.0 Å². The van der Waals surface area contributed by atoms with E-state index in [1.54, 1.807) is 11.6 Å². The van der Waals surface area contributed by atoms with E-state index in [0.717, 1.165) is 11.4 Å². The van der Waals surface area contributed by atoms with Crippen LogP contribution in [-0.4, -0.2) is 25.9 Å². The Morgan fingerprint density at radius 3 is 2.76 bits per heavy atom. The van der Waals surface area contributed by atoms with Crippen molar-refractivity contribution < 1.29 is 4.79 Å². The number of aromatic nitrogens is 4. The minimum Gasteiger partial charge on any atom is -0.295 e. The number of nitrogens with one attached hydrogen (secondary N) is 1. The zero-order chi connectivity index (χ0) is 15.6. The molecule has 0 unspecified atom stereocenters. The van der Waals surface area contributed by atoms with Gasteiger partial charge in [-0.2, -0.15) is 5.10 Å². The lowest BCUT2D eigenvalue weighted by Crippen LogP contribution is -2.17. The zero-order valence-electron chi connectivity index (χ0n) is 12.5. The fourth-order valence-electron chi connectivity index (χ4n) is 1.90. The van der Waals surface area contributed by atoms with E-state index in [2.05, 4.69) is 34.5 Å². The molecule has 0 atom stereocenters. The molecule has 2 heterocycles. The van der Waals surface area contributed by atoms with Crippen LogP contribution < -0.4 is 5.32 Å². The first-order valence-electron chi connectivity index (χ1n) is 6.79. The first-order chi connectivity index (χ1) is 9.92. The van der Waals surface area contributed by atoms with E-state index < -0.39 is 0 Å². The SMILES string of the molecule is CCn1nc(C)c(Cl)c1C(=O)Nc1nnc(CC(C)C)s1. The summed E-state index contributed by atoms with van der Waals surface area (Å²) in [6.45, 7) is 8.48. The highest BCUT2D eigenvalue weighted by Gasteiger charge is 2.21. The first kappa shape index (κ1) is 15.9. The average Bonchev–Trinajstić information content (AvgIpc) is 2.94.